The zero-order valence-electron chi connectivity index (χ0n) is 7.43. The third-order valence-corrected chi connectivity index (χ3v) is 3.31. The monoisotopic (exact) mass is 182 g/mol. The molecule has 0 aromatic rings. The van der Waals surface area contributed by atoms with Gasteiger partial charge in [-0.15, -0.1) is 0 Å². The molecule has 0 aromatic heterocycles. The van der Waals surface area contributed by atoms with E-state index in [1.165, 1.54) is 0 Å². The largest absolute Gasteiger partial charge is 0.395 e. The van der Waals surface area contributed by atoms with Crippen molar-refractivity contribution >= 4 is 0 Å². The first-order valence-corrected chi connectivity index (χ1v) is 4.67. The molecular weight excluding hydrogens is 168 g/mol. The zero-order valence-corrected chi connectivity index (χ0v) is 7.43. The molecule has 2 rings (SSSR count). The molecule has 1 aliphatic carbocycles. The van der Waals surface area contributed by atoms with Crippen LogP contribution in [0.25, 0.3) is 0 Å². The van der Waals surface area contributed by atoms with Crippen LogP contribution in [0.15, 0.2) is 0 Å². The molecule has 72 valence electrons. The first kappa shape index (κ1) is 8.95. The van der Waals surface area contributed by atoms with E-state index in [9.17, 15) is 0 Å². The van der Waals surface area contributed by atoms with Gasteiger partial charge in [0, 0.05) is 13.1 Å². The van der Waals surface area contributed by atoms with Gasteiger partial charge in [-0.2, -0.15) is 5.26 Å². The minimum atomic E-state index is -0.118. The quantitative estimate of drug-likeness (QED) is 0.590. The summed E-state index contributed by atoms with van der Waals surface area (Å²) >= 11 is 0. The van der Waals surface area contributed by atoms with Crippen molar-refractivity contribution in [1.29, 1.82) is 5.26 Å². The topological polar surface area (TPSA) is 67.5 Å². The van der Waals surface area contributed by atoms with E-state index in [4.69, 9.17) is 15.5 Å². The molecule has 1 aliphatic heterocycles. The van der Waals surface area contributed by atoms with Crippen molar-refractivity contribution in [3.8, 4) is 6.07 Å². The summed E-state index contributed by atoms with van der Waals surface area (Å²) in [5.74, 6) is 1.26. The van der Waals surface area contributed by atoms with Crippen LogP contribution in [0.2, 0.25) is 0 Å². The lowest BCUT2D eigenvalue weighted by atomic mass is 10.2. The van der Waals surface area contributed by atoms with Crippen LogP contribution in [-0.2, 0) is 0 Å². The molecule has 1 saturated heterocycles. The Kier molecular flexibility index (Phi) is 2.24. The zero-order chi connectivity index (χ0) is 9.42. The summed E-state index contributed by atoms with van der Waals surface area (Å²) in [5, 5.41) is 26.6. The maximum absolute atomic E-state index is 8.94. The van der Waals surface area contributed by atoms with E-state index in [0.717, 1.165) is 13.1 Å². The number of aliphatic hydroxyl groups is 2. The highest BCUT2D eigenvalue weighted by Gasteiger charge is 2.56. The molecule has 0 aromatic carbocycles. The average Bonchev–Trinajstić information content (AvgIpc) is 2.62. The van der Waals surface area contributed by atoms with Gasteiger partial charge in [0.15, 0.2) is 0 Å². The van der Waals surface area contributed by atoms with Crippen LogP contribution in [0.1, 0.15) is 0 Å². The minimum Gasteiger partial charge on any atom is -0.395 e. The molecule has 0 bridgehead atoms. The number of likely N-dealkylation sites (tertiary alicyclic amines) is 1. The Morgan fingerprint density at radius 1 is 1.31 bits per heavy atom. The molecule has 1 saturated carbocycles. The summed E-state index contributed by atoms with van der Waals surface area (Å²) in [6, 6.07) is 2.17. The lowest BCUT2D eigenvalue weighted by Crippen LogP contribution is -2.40. The molecule has 3 atom stereocenters. The molecule has 13 heavy (non-hydrogen) atoms. The van der Waals surface area contributed by atoms with Crippen molar-refractivity contribution in [1.82, 2.24) is 4.90 Å². The number of nitriles is 1. The fourth-order valence-corrected chi connectivity index (χ4v) is 2.34. The molecule has 0 radical (unpaired) electrons. The van der Waals surface area contributed by atoms with Gasteiger partial charge in [0.05, 0.1) is 31.2 Å². The molecule has 1 unspecified atom stereocenters. The lowest BCUT2D eigenvalue weighted by Gasteiger charge is -2.25. The van der Waals surface area contributed by atoms with Crippen LogP contribution in [0.4, 0.5) is 0 Å². The van der Waals surface area contributed by atoms with E-state index in [-0.39, 0.29) is 25.2 Å². The van der Waals surface area contributed by atoms with E-state index >= 15 is 0 Å². The molecular formula is C9H14N2O2. The van der Waals surface area contributed by atoms with Gasteiger partial charge in [0.2, 0.25) is 0 Å². The fraction of sp³-hybridized carbons (Fsp3) is 0.889. The Labute approximate surface area is 77.4 Å². The number of hydrogen-bond acceptors (Lipinski definition) is 4. The number of nitrogens with zero attached hydrogens (tertiary/aromatic N) is 2. The number of piperidine rings is 1. The van der Waals surface area contributed by atoms with Crippen LogP contribution in [-0.4, -0.2) is 47.5 Å². The van der Waals surface area contributed by atoms with Gasteiger partial charge in [-0.05, 0) is 11.8 Å². The first-order chi connectivity index (χ1) is 6.31. The van der Waals surface area contributed by atoms with E-state index in [1.54, 1.807) is 0 Å². The Morgan fingerprint density at radius 3 is 2.23 bits per heavy atom. The van der Waals surface area contributed by atoms with Gasteiger partial charge in [0.25, 0.3) is 0 Å². The summed E-state index contributed by atoms with van der Waals surface area (Å²) in [7, 11) is 0. The first-order valence-electron chi connectivity index (χ1n) is 4.67. The van der Waals surface area contributed by atoms with E-state index in [2.05, 4.69) is 11.0 Å². The number of aliphatic hydroxyl groups excluding tert-OH is 2. The second kappa shape index (κ2) is 3.26. The minimum absolute atomic E-state index is 0.00710. The molecule has 2 fully saturated rings. The Hall–Kier alpha value is -0.630. The van der Waals surface area contributed by atoms with Crippen molar-refractivity contribution in [2.45, 2.75) is 6.04 Å². The Balaban J connectivity index is 1.86. The predicted molar refractivity (Wildman–Crippen MR) is 45.6 cm³/mol. The third-order valence-electron chi connectivity index (χ3n) is 3.31. The van der Waals surface area contributed by atoms with Crippen LogP contribution < -0.4 is 0 Å². The smallest absolute Gasteiger partial charge is 0.0662 e. The SMILES string of the molecule is N#CC1[C@H]2CN(C(CO)CO)C[C@@H]12. The molecule has 2 aliphatic rings. The van der Waals surface area contributed by atoms with Gasteiger partial charge in [0.1, 0.15) is 0 Å². The third kappa shape index (κ3) is 1.33. The molecule has 0 spiro atoms. The van der Waals surface area contributed by atoms with Gasteiger partial charge in [-0.25, -0.2) is 0 Å². The molecule has 2 N–H and O–H groups in total. The normalized spacial score (nSPS) is 37.5. The maximum Gasteiger partial charge on any atom is 0.0662 e. The van der Waals surface area contributed by atoms with Crippen LogP contribution in [0.5, 0.6) is 0 Å². The van der Waals surface area contributed by atoms with Gasteiger partial charge < -0.3 is 10.2 Å². The lowest BCUT2D eigenvalue weighted by molar-refractivity contribution is 0.0808. The van der Waals surface area contributed by atoms with Crippen molar-refractivity contribution in [3.63, 3.8) is 0 Å². The standard InChI is InChI=1S/C9H14N2O2/c10-1-7-8-2-11(3-9(7)8)6(4-12)5-13/h6-9,12-13H,2-5H2/t7?,8-,9+. The number of fused-ring (bicyclic) bond motifs is 1. The fourth-order valence-electron chi connectivity index (χ4n) is 2.34. The second-order valence-electron chi connectivity index (χ2n) is 3.96. The van der Waals surface area contributed by atoms with Crippen molar-refractivity contribution in [2.75, 3.05) is 26.3 Å². The predicted octanol–water partition coefficient (Wildman–Crippen LogP) is -0.959. The Bertz CT molecular complexity index is 222. The van der Waals surface area contributed by atoms with Crippen molar-refractivity contribution < 1.29 is 10.2 Å². The highest BCUT2D eigenvalue weighted by atomic mass is 16.3. The molecule has 4 nitrogen and oxygen atoms in total. The van der Waals surface area contributed by atoms with Gasteiger partial charge >= 0.3 is 0 Å². The molecule has 1 heterocycles. The Morgan fingerprint density at radius 2 is 1.85 bits per heavy atom. The van der Waals surface area contributed by atoms with Crippen LogP contribution in [0, 0.1) is 29.1 Å². The van der Waals surface area contributed by atoms with E-state index in [0.29, 0.717) is 11.8 Å². The van der Waals surface area contributed by atoms with Crippen LogP contribution in [0.3, 0.4) is 0 Å². The maximum atomic E-state index is 8.94. The van der Waals surface area contributed by atoms with E-state index in [1.807, 2.05) is 0 Å². The van der Waals surface area contributed by atoms with Crippen molar-refractivity contribution in [2.24, 2.45) is 17.8 Å². The van der Waals surface area contributed by atoms with E-state index < -0.39 is 0 Å². The number of rotatable bonds is 3. The average molecular weight is 182 g/mol. The van der Waals surface area contributed by atoms with Crippen molar-refractivity contribution in [3.05, 3.63) is 0 Å². The summed E-state index contributed by atoms with van der Waals surface area (Å²) < 4.78 is 0. The summed E-state index contributed by atoms with van der Waals surface area (Å²) in [6.07, 6.45) is 0. The highest BCUT2D eigenvalue weighted by Crippen LogP contribution is 2.51. The number of hydrogen-bond donors (Lipinski definition) is 2. The summed E-state index contributed by atoms with van der Waals surface area (Å²) in [5.41, 5.74) is 0. The molecule has 0 amide bonds. The summed E-state index contributed by atoms with van der Waals surface area (Å²) in [4.78, 5) is 2.09. The molecule has 4 heteroatoms. The highest BCUT2D eigenvalue weighted by molar-refractivity contribution is 5.14. The van der Waals surface area contributed by atoms with Crippen LogP contribution >= 0.6 is 0 Å². The van der Waals surface area contributed by atoms with Gasteiger partial charge in [-0.3, -0.25) is 4.90 Å². The second-order valence-corrected chi connectivity index (χ2v) is 3.96. The summed E-state index contributed by atoms with van der Waals surface area (Å²) in [6.45, 7) is 1.75. The van der Waals surface area contributed by atoms with Gasteiger partial charge in [-0.1, -0.05) is 0 Å².